The third-order valence-corrected chi connectivity index (χ3v) is 5.23. The van der Waals surface area contributed by atoms with E-state index in [9.17, 15) is 0 Å². The van der Waals surface area contributed by atoms with Gasteiger partial charge in [0.05, 0.1) is 6.04 Å². The molecule has 1 aromatic carbocycles. The van der Waals surface area contributed by atoms with Gasteiger partial charge in [-0.3, -0.25) is 0 Å². The van der Waals surface area contributed by atoms with E-state index in [0.29, 0.717) is 0 Å². The molecule has 1 atom stereocenters. The molecule has 0 radical (unpaired) electrons. The average Bonchev–Trinajstić information content (AvgIpc) is 2.64. The van der Waals surface area contributed by atoms with Crippen molar-refractivity contribution in [2.45, 2.75) is 26.8 Å². The maximum Gasteiger partial charge on any atom is 0.0671 e. The molecule has 0 saturated heterocycles. The lowest BCUT2D eigenvalue weighted by molar-refractivity contribution is 0.699. The molecule has 1 unspecified atom stereocenters. The minimum atomic E-state index is 0.278. The molecule has 1 aromatic heterocycles. The summed E-state index contributed by atoms with van der Waals surface area (Å²) >= 11 is 5.49. The minimum absolute atomic E-state index is 0.278. The molecule has 0 spiro atoms. The largest absolute Gasteiger partial charge is 0.309 e. The molecule has 2 aromatic rings. The Bertz CT molecular complexity index is 560. The fourth-order valence-corrected chi connectivity index (χ4v) is 3.75. The van der Waals surface area contributed by atoms with E-state index in [-0.39, 0.29) is 6.04 Å². The Balaban J connectivity index is 2.45. The van der Waals surface area contributed by atoms with E-state index in [1.165, 1.54) is 30.9 Å². The molecule has 96 valence electrons. The van der Waals surface area contributed by atoms with Crippen molar-refractivity contribution in [3.63, 3.8) is 0 Å². The monoisotopic (exact) mass is 323 g/mol. The molecule has 0 aliphatic heterocycles. The molecule has 1 nitrogen and oxygen atoms in total. The first-order valence-corrected chi connectivity index (χ1v) is 7.64. The van der Waals surface area contributed by atoms with E-state index < -0.39 is 0 Å². The van der Waals surface area contributed by atoms with Crippen LogP contribution in [0.2, 0.25) is 0 Å². The summed E-state index contributed by atoms with van der Waals surface area (Å²) in [7, 11) is 2.02. The van der Waals surface area contributed by atoms with Crippen LogP contribution in [0.3, 0.4) is 0 Å². The Kier molecular flexibility index (Phi) is 4.25. The molecule has 0 fully saturated rings. The Morgan fingerprint density at radius 3 is 2.33 bits per heavy atom. The number of benzene rings is 1. The summed E-state index contributed by atoms with van der Waals surface area (Å²) in [6, 6.07) is 9.12. The van der Waals surface area contributed by atoms with E-state index in [0.717, 1.165) is 0 Å². The second-order valence-electron chi connectivity index (χ2n) is 4.63. The Morgan fingerprint density at radius 2 is 1.83 bits per heavy atom. The van der Waals surface area contributed by atoms with Gasteiger partial charge in [-0.15, -0.1) is 11.3 Å². The van der Waals surface area contributed by atoms with E-state index in [4.69, 9.17) is 0 Å². The van der Waals surface area contributed by atoms with Gasteiger partial charge in [0.1, 0.15) is 0 Å². The van der Waals surface area contributed by atoms with Crippen LogP contribution in [0.25, 0.3) is 0 Å². The first kappa shape index (κ1) is 13.8. The van der Waals surface area contributed by atoms with Crippen LogP contribution < -0.4 is 5.32 Å². The molecule has 0 aliphatic rings. The zero-order valence-corrected chi connectivity index (χ0v) is 13.6. The molecule has 0 bridgehead atoms. The summed E-state index contributed by atoms with van der Waals surface area (Å²) in [6.07, 6.45) is 0. The zero-order valence-electron chi connectivity index (χ0n) is 11.2. The lowest BCUT2D eigenvalue weighted by atomic mass is 10.0. The highest BCUT2D eigenvalue weighted by Crippen LogP contribution is 2.33. The number of aryl methyl sites for hydroxylation is 3. The second kappa shape index (κ2) is 5.55. The number of hydrogen-bond donors (Lipinski definition) is 1. The van der Waals surface area contributed by atoms with Gasteiger partial charge in [-0.25, -0.2) is 0 Å². The van der Waals surface area contributed by atoms with Crippen molar-refractivity contribution >= 4 is 27.3 Å². The van der Waals surface area contributed by atoms with Gasteiger partial charge in [0.2, 0.25) is 0 Å². The van der Waals surface area contributed by atoms with Crippen LogP contribution in [-0.4, -0.2) is 7.05 Å². The predicted molar refractivity (Wildman–Crippen MR) is 83.6 cm³/mol. The minimum Gasteiger partial charge on any atom is -0.309 e. The molecule has 0 saturated carbocycles. The molecule has 2 rings (SSSR count). The van der Waals surface area contributed by atoms with Crippen LogP contribution in [0.1, 0.15) is 32.5 Å². The summed E-state index contributed by atoms with van der Waals surface area (Å²) in [5, 5.41) is 3.43. The lowest BCUT2D eigenvalue weighted by Gasteiger charge is -2.17. The Labute approximate surface area is 121 Å². The van der Waals surface area contributed by atoms with Crippen molar-refractivity contribution < 1.29 is 0 Å². The molecule has 18 heavy (non-hydrogen) atoms. The van der Waals surface area contributed by atoms with Crippen LogP contribution in [0.4, 0.5) is 0 Å². The Hall–Kier alpha value is -0.640. The highest BCUT2D eigenvalue weighted by molar-refractivity contribution is 9.10. The first-order valence-electron chi connectivity index (χ1n) is 6.03. The quantitative estimate of drug-likeness (QED) is 0.859. The molecule has 0 aliphatic carbocycles. The molecule has 0 amide bonds. The third-order valence-electron chi connectivity index (χ3n) is 3.16. The van der Waals surface area contributed by atoms with Crippen molar-refractivity contribution in [1.29, 1.82) is 0 Å². The highest BCUT2D eigenvalue weighted by atomic mass is 79.9. The number of halogens is 1. The van der Waals surface area contributed by atoms with E-state index >= 15 is 0 Å². The summed E-state index contributed by atoms with van der Waals surface area (Å²) in [5.41, 5.74) is 3.95. The van der Waals surface area contributed by atoms with Crippen molar-refractivity contribution in [2.24, 2.45) is 0 Å². The smallest absolute Gasteiger partial charge is 0.0671 e. The van der Waals surface area contributed by atoms with E-state index in [1.54, 1.807) is 0 Å². The van der Waals surface area contributed by atoms with Crippen LogP contribution in [0.15, 0.2) is 28.7 Å². The normalized spacial score (nSPS) is 12.7. The van der Waals surface area contributed by atoms with Crippen molar-refractivity contribution in [2.75, 3.05) is 7.05 Å². The Morgan fingerprint density at radius 1 is 1.11 bits per heavy atom. The summed E-state index contributed by atoms with van der Waals surface area (Å²) in [6.45, 7) is 6.47. The number of thiophene rings is 1. The van der Waals surface area contributed by atoms with Crippen LogP contribution in [0, 0.1) is 20.8 Å². The lowest BCUT2D eigenvalue weighted by Crippen LogP contribution is -2.17. The number of hydrogen-bond acceptors (Lipinski definition) is 2. The SMILES string of the molecule is CNC(c1ccc(C)c(Br)c1)c1sc(C)cc1C. The van der Waals surface area contributed by atoms with Crippen LogP contribution in [-0.2, 0) is 0 Å². The summed E-state index contributed by atoms with van der Waals surface area (Å²) < 4.78 is 1.17. The molecular weight excluding hydrogens is 306 g/mol. The zero-order chi connectivity index (χ0) is 13.3. The molecule has 1 N–H and O–H groups in total. The number of rotatable bonds is 3. The standard InChI is InChI=1S/C15H18BrNS/c1-9-5-6-12(8-13(9)16)14(17-4)15-10(2)7-11(3)18-15/h5-8,14,17H,1-4H3. The van der Waals surface area contributed by atoms with Gasteiger partial charge in [0, 0.05) is 14.2 Å². The summed E-state index contributed by atoms with van der Waals surface area (Å²) in [5.74, 6) is 0. The van der Waals surface area contributed by atoms with Crippen LogP contribution >= 0.6 is 27.3 Å². The van der Waals surface area contributed by atoms with Gasteiger partial charge < -0.3 is 5.32 Å². The van der Waals surface area contributed by atoms with Gasteiger partial charge in [-0.1, -0.05) is 28.1 Å². The molecule has 1 heterocycles. The van der Waals surface area contributed by atoms with Gasteiger partial charge in [0.25, 0.3) is 0 Å². The third kappa shape index (κ3) is 2.68. The fourth-order valence-electron chi connectivity index (χ4n) is 2.18. The van der Waals surface area contributed by atoms with Crippen LogP contribution in [0.5, 0.6) is 0 Å². The van der Waals surface area contributed by atoms with Gasteiger partial charge in [-0.2, -0.15) is 0 Å². The van der Waals surface area contributed by atoms with E-state index in [2.05, 4.69) is 66.3 Å². The summed E-state index contributed by atoms with van der Waals surface area (Å²) in [4.78, 5) is 2.78. The van der Waals surface area contributed by atoms with Gasteiger partial charge >= 0.3 is 0 Å². The molecule has 3 heteroatoms. The fraction of sp³-hybridized carbons (Fsp3) is 0.333. The predicted octanol–water partition coefficient (Wildman–Crippen LogP) is 4.74. The average molecular weight is 324 g/mol. The van der Waals surface area contributed by atoms with Gasteiger partial charge in [0.15, 0.2) is 0 Å². The van der Waals surface area contributed by atoms with Crippen molar-refractivity contribution in [3.05, 3.63) is 55.2 Å². The maximum atomic E-state index is 3.62. The number of nitrogens with one attached hydrogen (secondary N) is 1. The second-order valence-corrected chi connectivity index (χ2v) is 6.78. The first-order chi connectivity index (χ1) is 8.52. The van der Waals surface area contributed by atoms with Crippen molar-refractivity contribution in [1.82, 2.24) is 5.32 Å². The van der Waals surface area contributed by atoms with Crippen molar-refractivity contribution in [3.8, 4) is 0 Å². The maximum absolute atomic E-state index is 3.62. The van der Waals surface area contributed by atoms with E-state index in [1.807, 2.05) is 18.4 Å². The molecular formula is C15H18BrNS. The highest BCUT2D eigenvalue weighted by Gasteiger charge is 2.17. The van der Waals surface area contributed by atoms with Gasteiger partial charge in [-0.05, 0) is 56.6 Å². The topological polar surface area (TPSA) is 12.0 Å².